The summed E-state index contributed by atoms with van der Waals surface area (Å²) in [7, 11) is 1.57. The van der Waals surface area contributed by atoms with Crippen molar-refractivity contribution in [3.8, 4) is 17.2 Å². The molecule has 0 bridgehead atoms. The number of nitrogens with zero attached hydrogens (tertiary/aromatic N) is 2. The van der Waals surface area contributed by atoms with Crippen molar-refractivity contribution in [2.45, 2.75) is 31.7 Å². The summed E-state index contributed by atoms with van der Waals surface area (Å²) in [5.41, 5.74) is 1.03. The number of likely N-dealkylation sites (tertiary alicyclic amines) is 2. The van der Waals surface area contributed by atoms with Crippen LogP contribution in [0.2, 0.25) is 0 Å². The molecule has 3 heterocycles. The highest BCUT2D eigenvalue weighted by atomic mass is 16.7. The van der Waals surface area contributed by atoms with Crippen LogP contribution in [0.1, 0.15) is 46.4 Å². The summed E-state index contributed by atoms with van der Waals surface area (Å²) in [6.45, 7) is 2.62. The molecule has 0 unspecified atom stereocenters. The van der Waals surface area contributed by atoms with Crippen LogP contribution in [0.5, 0.6) is 17.2 Å². The van der Waals surface area contributed by atoms with Gasteiger partial charge in [0.15, 0.2) is 11.5 Å². The molecular formula is C27H31N3O6. The van der Waals surface area contributed by atoms with Crippen molar-refractivity contribution in [3.05, 3.63) is 53.6 Å². The molecule has 0 saturated carbocycles. The summed E-state index contributed by atoms with van der Waals surface area (Å²) >= 11 is 0. The number of nitrogens with one attached hydrogen (secondary N) is 1. The first-order valence-electron chi connectivity index (χ1n) is 12.5. The van der Waals surface area contributed by atoms with E-state index in [-0.39, 0.29) is 30.4 Å². The van der Waals surface area contributed by atoms with Gasteiger partial charge in [0.2, 0.25) is 12.7 Å². The zero-order valence-electron chi connectivity index (χ0n) is 20.4. The second-order valence-corrected chi connectivity index (χ2v) is 9.41. The topological polar surface area (TPSA) is 97.4 Å². The second kappa shape index (κ2) is 10.5. The molecule has 2 aromatic carbocycles. The Morgan fingerprint density at radius 1 is 0.889 bits per heavy atom. The summed E-state index contributed by atoms with van der Waals surface area (Å²) in [5, 5.41) is 3.02. The predicted octanol–water partition coefficient (Wildman–Crippen LogP) is 2.70. The molecule has 0 spiro atoms. The number of carbonyl (C=O) groups is 3. The quantitative estimate of drug-likeness (QED) is 0.665. The summed E-state index contributed by atoms with van der Waals surface area (Å²) in [6, 6.07) is 11.4. The fraction of sp³-hybridized carbons (Fsp3) is 0.444. The lowest BCUT2D eigenvalue weighted by Gasteiger charge is -2.37. The highest BCUT2D eigenvalue weighted by Crippen LogP contribution is 2.33. The van der Waals surface area contributed by atoms with E-state index >= 15 is 0 Å². The molecule has 1 N–H and O–H groups in total. The Hall–Kier alpha value is -3.75. The van der Waals surface area contributed by atoms with E-state index in [1.165, 1.54) is 0 Å². The van der Waals surface area contributed by atoms with Gasteiger partial charge in [-0.05, 0) is 74.1 Å². The van der Waals surface area contributed by atoms with Crippen LogP contribution in [0.3, 0.4) is 0 Å². The van der Waals surface area contributed by atoms with Crippen LogP contribution in [0.15, 0.2) is 42.5 Å². The molecule has 1 atom stereocenters. The lowest BCUT2D eigenvalue weighted by Crippen LogP contribution is -2.54. The number of carbonyl (C=O) groups excluding carboxylic acids is 3. The Morgan fingerprint density at radius 2 is 1.56 bits per heavy atom. The maximum atomic E-state index is 13.4. The third-order valence-corrected chi connectivity index (χ3v) is 7.24. The van der Waals surface area contributed by atoms with Crippen LogP contribution in [0.4, 0.5) is 0 Å². The van der Waals surface area contributed by atoms with Gasteiger partial charge >= 0.3 is 0 Å². The Bertz CT molecular complexity index is 1120. The molecular weight excluding hydrogens is 462 g/mol. The molecule has 3 aliphatic rings. The third-order valence-electron chi connectivity index (χ3n) is 7.24. The van der Waals surface area contributed by atoms with Crippen molar-refractivity contribution in [1.82, 2.24) is 15.1 Å². The normalized spacial score (nSPS) is 18.1. The maximum Gasteiger partial charge on any atom is 0.253 e. The number of hydrogen-bond donors (Lipinski definition) is 1. The average molecular weight is 494 g/mol. The van der Waals surface area contributed by atoms with Gasteiger partial charge in [-0.1, -0.05) is 0 Å². The van der Waals surface area contributed by atoms with Crippen LogP contribution in [0.25, 0.3) is 0 Å². The van der Waals surface area contributed by atoms with Gasteiger partial charge < -0.3 is 29.3 Å². The van der Waals surface area contributed by atoms with Crippen LogP contribution in [0, 0.1) is 5.92 Å². The molecule has 3 amide bonds. The first-order chi connectivity index (χ1) is 17.5. The zero-order chi connectivity index (χ0) is 25.1. The van der Waals surface area contributed by atoms with E-state index in [0.29, 0.717) is 54.3 Å². The number of ether oxygens (including phenoxy) is 3. The highest BCUT2D eigenvalue weighted by molar-refractivity contribution is 5.98. The molecule has 9 nitrogen and oxygen atoms in total. The molecule has 190 valence electrons. The van der Waals surface area contributed by atoms with Crippen molar-refractivity contribution in [3.63, 3.8) is 0 Å². The standard InChI is InChI=1S/C27H31N3O6/c1-34-21-7-4-19(5-8-21)25(31)28-24(27(33)29-12-2-3-13-29)18-10-14-30(15-11-18)26(32)20-6-9-22-23(16-20)36-17-35-22/h4-9,16,18,24H,2-3,10-15,17H2,1H3,(H,28,31)/t24-/m1/s1. The molecule has 3 aliphatic heterocycles. The summed E-state index contributed by atoms with van der Waals surface area (Å²) in [4.78, 5) is 43.3. The Labute approximate surface area is 210 Å². The Morgan fingerprint density at radius 3 is 2.25 bits per heavy atom. The fourth-order valence-electron chi connectivity index (χ4n) is 5.13. The number of fused-ring (bicyclic) bond motifs is 1. The number of hydrogen-bond acceptors (Lipinski definition) is 6. The van der Waals surface area contributed by atoms with E-state index in [0.717, 1.165) is 25.9 Å². The first kappa shape index (κ1) is 24.0. The van der Waals surface area contributed by atoms with Crippen LogP contribution < -0.4 is 19.5 Å². The minimum Gasteiger partial charge on any atom is -0.497 e. The van der Waals surface area contributed by atoms with Gasteiger partial charge in [-0.25, -0.2) is 0 Å². The average Bonchev–Trinajstić information content (AvgIpc) is 3.63. The van der Waals surface area contributed by atoms with Crippen LogP contribution in [-0.2, 0) is 4.79 Å². The van der Waals surface area contributed by atoms with Gasteiger partial charge in [0.05, 0.1) is 7.11 Å². The largest absolute Gasteiger partial charge is 0.497 e. The van der Waals surface area contributed by atoms with Crippen molar-refractivity contribution >= 4 is 17.7 Å². The number of piperidine rings is 1. The molecule has 2 fully saturated rings. The second-order valence-electron chi connectivity index (χ2n) is 9.41. The first-order valence-corrected chi connectivity index (χ1v) is 12.5. The smallest absolute Gasteiger partial charge is 0.253 e. The monoisotopic (exact) mass is 493 g/mol. The van der Waals surface area contributed by atoms with Crippen LogP contribution in [-0.4, -0.2) is 73.6 Å². The predicted molar refractivity (Wildman–Crippen MR) is 131 cm³/mol. The van der Waals surface area contributed by atoms with Gasteiger partial charge in [-0.2, -0.15) is 0 Å². The fourth-order valence-corrected chi connectivity index (χ4v) is 5.13. The zero-order valence-corrected chi connectivity index (χ0v) is 20.4. The summed E-state index contributed by atoms with van der Waals surface area (Å²) < 4.78 is 15.9. The van der Waals surface area contributed by atoms with Crippen molar-refractivity contribution in [2.24, 2.45) is 5.92 Å². The molecule has 0 aromatic heterocycles. The highest BCUT2D eigenvalue weighted by Gasteiger charge is 2.37. The molecule has 0 aliphatic carbocycles. The number of methoxy groups -OCH3 is 1. The van der Waals surface area contributed by atoms with E-state index in [9.17, 15) is 14.4 Å². The van der Waals surface area contributed by atoms with Gasteiger partial charge in [-0.3, -0.25) is 14.4 Å². The minimum absolute atomic E-state index is 0.0325. The van der Waals surface area contributed by atoms with Crippen molar-refractivity contribution in [1.29, 1.82) is 0 Å². The van der Waals surface area contributed by atoms with Gasteiger partial charge in [-0.15, -0.1) is 0 Å². The Balaban J connectivity index is 1.26. The maximum absolute atomic E-state index is 13.4. The number of amides is 3. The number of rotatable bonds is 6. The third kappa shape index (κ3) is 4.96. The van der Waals surface area contributed by atoms with Gasteiger partial charge in [0, 0.05) is 37.3 Å². The molecule has 2 saturated heterocycles. The summed E-state index contributed by atoms with van der Waals surface area (Å²) in [6.07, 6.45) is 3.22. The lowest BCUT2D eigenvalue weighted by atomic mass is 9.88. The lowest BCUT2D eigenvalue weighted by molar-refractivity contribution is -0.134. The number of benzene rings is 2. The minimum atomic E-state index is -0.625. The van der Waals surface area contributed by atoms with Gasteiger partial charge in [0.1, 0.15) is 11.8 Å². The van der Waals surface area contributed by atoms with E-state index in [1.54, 1.807) is 54.5 Å². The van der Waals surface area contributed by atoms with E-state index in [1.807, 2.05) is 4.90 Å². The SMILES string of the molecule is COc1ccc(C(=O)N[C@@H](C(=O)N2CCCC2)C2CCN(C(=O)c3ccc4c(c3)OCO4)CC2)cc1. The molecule has 2 aromatic rings. The molecule has 5 rings (SSSR count). The summed E-state index contributed by atoms with van der Waals surface area (Å²) in [5.74, 6) is 1.44. The molecule has 0 radical (unpaired) electrons. The van der Waals surface area contributed by atoms with E-state index in [2.05, 4.69) is 5.32 Å². The van der Waals surface area contributed by atoms with E-state index in [4.69, 9.17) is 14.2 Å². The molecule has 9 heteroatoms. The van der Waals surface area contributed by atoms with Crippen molar-refractivity contribution in [2.75, 3.05) is 40.1 Å². The Kier molecular flexibility index (Phi) is 6.97. The van der Waals surface area contributed by atoms with Crippen LogP contribution >= 0.6 is 0 Å². The van der Waals surface area contributed by atoms with Crippen molar-refractivity contribution < 1.29 is 28.6 Å². The van der Waals surface area contributed by atoms with Gasteiger partial charge in [0.25, 0.3) is 11.8 Å². The molecule has 36 heavy (non-hydrogen) atoms. The van der Waals surface area contributed by atoms with E-state index < -0.39 is 6.04 Å².